The fourth-order valence-electron chi connectivity index (χ4n) is 2.30. The fraction of sp³-hybridized carbons (Fsp3) is 0.727. The molecular weight excluding hydrogens is 232 g/mol. The van der Waals surface area contributed by atoms with Gasteiger partial charge < -0.3 is 10.1 Å². The van der Waals surface area contributed by atoms with E-state index < -0.39 is 0 Å². The lowest BCUT2D eigenvalue weighted by Gasteiger charge is -2.34. The van der Waals surface area contributed by atoms with Crippen LogP contribution in [-0.4, -0.2) is 27.6 Å². The van der Waals surface area contributed by atoms with Gasteiger partial charge in [0.15, 0.2) is 0 Å². The van der Waals surface area contributed by atoms with E-state index in [2.05, 4.69) is 32.6 Å². The molecule has 0 aliphatic heterocycles. The highest BCUT2D eigenvalue weighted by Gasteiger charge is 2.27. The van der Waals surface area contributed by atoms with Crippen LogP contribution in [0.4, 0.5) is 11.9 Å². The van der Waals surface area contributed by atoms with Gasteiger partial charge in [-0.3, -0.25) is 5.43 Å². The highest BCUT2D eigenvalue weighted by Crippen LogP contribution is 2.30. The van der Waals surface area contributed by atoms with Crippen molar-refractivity contribution in [2.45, 2.75) is 44.6 Å². The number of aromatic nitrogens is 3. The Morgan fingerprint density at radius 3 is 2.39 bits per heavy atom. The molecule has 1 aromatic heterocycles. The van der Waals surface area contributed by atoms with Crippen LogP contribution in [0, 0.1) is 0 Å². The first kappa shape index (κ1) is 12.8. The van der Waals surface area contributed by atoms with Crippen LogP contribution in [0.5, 0.6) is 6.01 Å². The lowest BCUT2D eigenvalue weighted by atomic mass is 9.83. The average Bonchev–Trinajstić information content (AvgIpc) is 2.38. The lowest BCUT2D eigenvalue weighted by molar-refractivity contribution is 0.345. The number of methoxy groups -OCH3 is 1. The molecule has 0 spiro atoms. The second-order valence-electron chi connectivity index (χ2n) is 4.86. The third kappa shape index (κ3) is 2.98. The summed E-state index contributed by atoms with van der Waals surface area (Å²) in [5.41, 5.74) is 2.45. The largest absolute Gasteiger partial charge is 0.467 e. The second-order valence-corrected chi connectivity index (χ2v) is 4.86. The van der Waals surface area contributed by atoms with Crippen LogP contribution in [0.15, 0.2) is 0 Å². The highest BCUT2D eigenvalue weighted by molar-refractivity contribution is 5.37. The fourth-order valence-corrected chi connectivity index (χ4v) is 2.30. The highest BCUT2D eigenvalue weighted by atomic mass is 16.5. The number of rotatable bonds is 4. The van der Waals surface area contributed by atoms with Crippen LogP contribution in [0.1, 0.15) is 39.0 Å². The number of hydrogen-bond acceptors (Lipinski definition) is 7. The number of anilines is 2. The smallest absolute Gasteiger partial charge is 0.322 e. The second kappa shape index (κ2) is 5.34. The molecule has 0 atom stereocenters. The van der Waals surface area contributed by atoms with Crippen molar-refractivity contribution >= 4 is 11.9 Å². The molecule has 7 heteroatoms. The van der Waals surface area contributed by atoms with Crippen molar-refractivity contribution in [2.75, 3.05) is 17.9 Å². The zero-order valence-corrected chi connectivity index (χ0v) is 10.9. The van der Waals surface area contributed by atoms with Crippen molar-refractivity contribution in [2.24, 2.45) is 5.84 Å². The number of nitrogens with two attached hydrogens (primary N) is 1. The number of nitrogens with one attached hydrogen (secondary N) is 2. The molecule has 4 N–H and O–H groups in total. The maximum absolute atomic E-state index is 5.32. The van der Waals surface area contributed by atoms with Crippen LogP contribution < -0.4 is 21.3 Å². The van der Waals surface area contributed by atoms with Gasteiger partial charge in [-0.25, -0.2) is 5.84 Å². The van der Waals surface area contributed by atoms with Gasteiger partial charge in [0.2, 0.25) is 11.9 Å². The molecule has 100 valence electrons. The van der Waals surface area contributed by atoms with E-state index in [-0.39, 0.29) is 11.5 Å². The standard InChI is InChI=1S/C11H20N6O/c1-11(6-4-3-5-7-11)16-8-13-9(17-12)15-10(14-8)18-2/h3-7,12H2,1-2H3,(H2,13,14,15,16,17). The zero-order chi connectivity index (χ0) is 13.0. The normalized spacial score (nSPS) is 18.2. The van der Waals surface area contributed by atoms with Crippen LogP contribution in [0.2, 0.25) is 0 Å². The summed E-state index contributed by atoms with van der Waals surface area (Å²) in [4.78, 5) is 12.3. The zero-order valence-electron chi connectivity index (χ0n) is 10.9. The van der Waals surface area contributed by atoms with Gasteiger partial charge in [0, 0.05) is 5.54 Å². The van der Waals surface area contributed by atoms with Gasteiger partial charge in [-0.05, 0) is 19.8 Å². The Bertz CT molecular complexity index is 382. The van der Waals surface area contributed by atoms with Crippen LogP contribution in [0.25, 0.3) is 0 Å². The predicted octanol–water partition coefficient (Wildman–Crippen LogP) is 1.30. The molecule has 1 fully saturated rings. The van der Waals surface area contributed by atoms with E-state index in [1.54, 1.807) is 0 Å². The molecule has 0 bridgehead atoms. The summed E-state index contributed by atoms with van der Waals surface area (Å²) in [6, 6.07) is 0.250. The van der Waals surface area contributed by atoms with E-state index in [1.165, 1.54) is 26.4 Å². The summed E-state index contributed by atoms with van der Waals surface area (Å²) in [5, 5.41) is 3.37. The summed E-state index contributed by atoms with van der Waals surface area (Å²) in [5.74, 6) is 6.12. The molecular formula is C11H20N6O. The number of hydrazine groups is 1. The van der Waals surface area contributed by atoms with Crippen molar-refractivity contribution in [1.29, 1.82) is 0 Å². The Morgan fingerprint density at radius 2 is 1.78 bits per heavy atom. The molecule has 1 aliphatic rings. The number of hydrogen-bond donors (Lipinski definition) is 3. The Balaban J connectivity index is 2.16. The van der Waals surface area contributed by atoms with Gasteiger partial charge in [-0.1, -0.05) is 19.3 Å². The molecule has 0 aromatic carbocycles. The molecule has 1 saturated carbocycles. The minimum absolute atomic E-state index is 0.0382. The van der Waals surface area contributed by atoms with E-state index in [0.717, 1.165) is 12.8 Å². The molecule has 18 heavy (non-hydrogen) atoms. The summed E-state index contributed by atoms with van der Waals surface area (Å²) in [7, 11) is 1.52. The quantitative estimate of drug-likeness (QED) is 0.548. The maximum Gasteiger partial charge on any atom is 0.322 e. The minimum atomic E-state index is 0.0382. The van der Waals surface area contributed by atoms with E-state index in [4.69, 9.17) is 10.6 Å². The van der Waals surface area contributed by atoms with Gasteiger partial charge in [0.05, 0.1) is 7.11 Å². The SMILES string of the molecule is COc1nc(NN)nc(NC2(C)CCCCC2)n1. The first-order valence-corrected chi connectivity index (χ1v) is 6.20. The first-order chi connectivity index (χ1) is 8.65. The average molecular weight is 252 g/mol. The van der Waals surface area contributed by atoms with Crippen molar-refractivity contribution in [3.63, 3.8) is 0 Å². The maximum atomic E-state index is 5.32. The first-order valence-electron chi connectivity index (χ1n) is 6.20. The van der Waals surface area contributed by atoms with Crippen molar-refractivity contribution in [3.8, 4) is 6.01 Å². The molecule has 1 aromatic rings. The van der Waals surface area contributed by atoms with E-state index in [1.807, 2.05) is 0 Å². The summed E-state index contributed by atoms with van der Waals surface area (Å²) in [6.07, 6.45) is 5.99. The van der Waals surface area contributed by atoms with Gasteiger partial charge >= 0.3 is 6.01 Å². The molecule has 0 unspecified atom stereocenters. The number of ether oxygens (including phenoxy) is 1. The van der Waals surface area contributed by atoms with Crippen molar-refractivity contribution in [3.05, 3.63) is 0 Å². The predicted molar refractivity (Wildman–Crippen MR) is 69.3 cm³/mol. The Morgan fingerprint density at radius 1 is 1.11 bits per heavy atom. The Kier molecular flexibility index (Phi) is 3.81. The van der Waals surface area contributed by atoms with Crippen LogP contribution in [-0.2, 0) is 0 Å². The molecule has 0 saturated heterocycles. The lowest BCUT2D eigenvalue weighted by Crippen LogP contribution is -2.37. The van der Waals surface area contributed by atoms with Gasteiger partial charge in [-0.2, -0.15) is 15.0 Å². The molecule has 7 nitrogen and oxygen atoms in total. The van der Waals surface area contributed by atoms with Crippen LogP contribution >= 0.6 is 0 Å². The Hall–Kier alpha value is -1.63. The molecule has 1 aliphatic carbocycles. The molecule has 0 radical (unpaired) electrons. The number of nitrogens with zero attached hydrogens (tertiary/aromatic N) is 3. The third-order valence-corrected chi connectivity index (χ3v) is 3.30. The molecule has 0 amide bonds. The summed E-state index contributed by atoms with van der Waals surface area (Å²) in [6.45, 7) is 2.19. The number of nitrogen functional groups attached to an aromatic ring is 1. The molecule has 2 rings (SSSR count). The molecule has 1 heterocycles. The van der Waals surface area contributed by atoms with Crippen LogP contribution in [0.3, 0.4) is 0 Å². The minimum Gasteiger partial charge on any atom is -0.467 e. The van der Waals surface area contributed by atoms with Gasteiger partial charge in [0.25, 0.3) is 0 Å². The van der Waals surface area contributed by atoms with E-state index in [9.17, 15) is 0 Å². The van der Waals surface area contributed by atoms with Gasteiger partial charge in [-0.15, -0.1) is 0 Å². The topological polar surface area (TPSA) is 98.0 Å². The van der Waals surface area contributed by atoms with Crippen molar-refractivity contribution in [1.82, 2.24) is 15.0 Å². The van der Waals surface area contributed by atoms with Crippen molar-refractivity contribution < 1.29 is 4.74 Å². The van der Waals surface area contributed by atoms with E-state index >= 15 is 0 Å². The van der Waals surface area contributed by atoms with Gasteiger partial charge in [0.1, 0.15) is 0 Å². The van der Waals surface area contributed by atoms with E-state index in [0.29, 0.717) is 11.9 Å². The Labute approximate surface area is 107 Å². The summed E-state index contributed by atoms with van der Waals surface area (Å²) < 4.78 is 5.02. The third-order valence-electron chi connectivity index (χ3n) is 3.30. The summed E-state index contributed by atoms with van der Waals surface area (Å²) >= 11 is 0. The monoisotopic (exact) mass is 252 g/mol.